The molecule has 0 atom stereocenters. The van der Waals surface area contributed by atoms with Crippen LogP contribution in [0.25, 0.3) is 0 Å². The van der Waals surface area contributed by atoms with Gasteiger partial charge in [-0.25, -0.2) is 0 Å². The SMILES string of the molecule is CO/N=C(\CCC(=O)OC1CCOCC1)c1ccc(Cl)c(Cl)c1. The van der Waals surface area contributed by atoms with Crippen LogP contribution in [0.5, 0.6) is 0 Å². The van der Waals surface area contributed by atoms with Gasteiger partial charge in [-0.1, -0.05) is 34.4 Å². The van der Waals surface area contributed by atoms with E-state index < -0.39 is 0 Å². The number of halogens is 2. The fourth-order valence-corrected chi connectivity index (χ4v) is 2.59. The summed E-state index contributed by atoms with van der Waals surface area (Å²) in [5.41, 5.74) is 1.38. The predicted octanol–water partition coefficient (Wildman–Crippen LogP) is 3.85. The van der Waals surface area contributed by atoms with Gasteiger partial charge in [0.05, 0.1) is 35.4 Å². The number of carbonyl (C=O) groups is 1. The van der Waals surface area contributed by atoms with Gasteiger partial charge in [-0.15, -0.1) is 0 Å². The van der Waals surface area contributed by atoms with Crippen LogP contribution in [-0.2, 0) is 19.1 Å². The van der Waals surface area contributed by atoms with E-state index in [-0.39, 0.29) is 18.5 Å². The highest BCUT2D eigenvalue weighted by Crippen LogP contribution is 2.24. The molecule has 1 heterocycles. The van der Waals surface area contributed by atoms with Crippen molar-refractivity contribution in [1.82, 2.24) is 0 Å². The van der Waals surface area contributed by atoms with Crippen molar-refractivity contribution in [3.8, 4) is 0 Å². The van der Waals surface area contributed by atoms with E-state index in [4.69, 9.17) is 37.5 Å². The maximum absolute atomic E-state index is 12.0. The minimum atomic E-state index is -0.249. The first-order chi connectivity index (χ1) is 11.1. The lowest BCUT2D eigenvalue weighted by Gasteiger charge is -2.22. The minimum Gasteiger partial charge on any atom is -0.462 e. The van der Waals surface area contributed by atoms with Crippen LogP contribution in [0.15, 0.2) is 23.4 Å². The number of rotatable bonds is 6. The molecule has 0 amide bonds. The summed E-state index contributed by atoms with van der Waals surface area (Å²) in [6.45, 7) is 1.27. The Morgan fingerprint density at radius 2 is 2.00 bits per heavy atom. The van der Waals surface area contributed by atoms with E-state index in [1.165, 1.54) is 7.11 Å². The normalized spacial score (nSPS) is 16.2. The maximum atomic E-state index is 12.0. The second-order valence-corrected chi connectivity index (χ2v) is 5.97. The molecule has 126 valence electrons. The number of esters is 1. The first-order valence-electron chi connectivity index (χ1n) is 7.43. The van der Waals surface area contributed by atoms with Gasteiger partial charge in [0.2, 0.25) is 0 Å². The van der Waals surface area contributed by atoms with Gasteiger partial charge < -0.3 is 14.3 Å². The van der Waals surface area contributed by atoms with Crippen molar-refractivity contribution < 1.29 is 19.1 Å². The average molecular weight is 360 g/mol. The number of oxime groups is 1. The second kappa shape index (κ2) is 9.11. The molecule has 0 aliphatic carbocycles. The molecule has 0 radical (unpaired) electrons. The number of benzene rings is 1. The third-order valence-corrected chi connectivity index (χ3v) is 4.23. The average Bonchev–Trinajstić information content (AvgIpc) is 2.55. The van der Waals surface area contributed by atoms with Gasteiger partial charge in [-0.05, 0) is 12.1 Å². The lowest BCUT2D eigenvalue weighted by Crippen LogP contribution is -2.26. The van der Waals surface area contributed by atoms with E-state index in [1.54, 1.807) is 18.2 Å². The summed E-state index contributed by atoms with van der Waals surface area (Å²) in [6, 6.07) is 5.17. The van der Waals surface area contributed by atoms with Crippen molar-refractivity contribution >= 4 is 34.9 Å². The van der Waals surface area contributed by atoms with Gasteiger partial charge in [-0.2, -0.15) is 0 Å². The molecule has 1 fully saturated rings. The Bertz CT molecular complexity index is 571. The van der Waals surface area contributed by atoms with E-state index in [2.05, 4.69) is 5.16 Å². The Morgan fingerprint density at radius 1 is 1.26 bits per heavy atom. The third-order valence-electron chi connectivity index (χ3n) is 3.49. The van der Waals surface area contributed by atoms with Gasteiger partial charge in [0.1, 0.15) is 13.2 Å². The van der Waals surface area contributed by atoms with Crippen LogP contribution < -0.4 is 0 Å². The first kappa shape index (κ1) is 18.0. The smallest absolute Gasteiger partial charge is 0.306 e. The van der Waals surface area contributed by atoms with Crippen molar-refractivity contribution in [3.05, 3.63) is 33.8 Å². The molecule has 0 unspecified atom stereocenters. The van der Waals surface area contributed by atoms with E-state index in [9.17, 15) is 4.79 Å². The number of hydrogen-bond donors (Lipinski definition) is 0. The summed E-state index contributed by atoms with van der Waals surface area (Å²) in [5.74, 6) is -0.249. The van der Waals surface area contributed by atoms with Crippen LogP contribution >= 0.6 is 23.2 Å². The van der Waals surface area contributed by atoms with E-state index in [1.807, 2.05) is 0 Å². The highest BCUT2D eigenvalue weighted by atomic mass is 35.5. The molecule has 1 aliphatic rings. The van der Waals surface area contributed by atoms with Crippen molar-refractivity contribution in [2.75, 3.05) is 20.3 Å². The van der Waals surface area contributed by atoms with Gasteiger partial charge >= 0.3 is 5.97 Å². The molecule has 1 aliphatic heterocycles. The maximum Gasteiger partial charge on any atom is 0.306 e. The Hall–Kier alpha value is -1.30. The molecule has 2 rings (SSSR count). The Morgan fingerprint density at radius 3 is 2.65 bits per heavy atom. The summed E-state index contributed by atoms with van der Waals surface area (Å²) in [4.78, 5) is 16.8. The first-order valence-corrected chi connectivity index (χ1v) is 8.18. The molecular weight excluding hydrogens is 341 g/mol. The quantitative estimate of drug-likeness (QED) is 0.439. The molecular formula is C16H19Cl2NO4. The zero-order valence-corrected chi connectivity index (χ0v) is 14.4. The fraction of sp³-hybridized carbons (Fsp3) is 0.500. The van der Waals surface area contributed by atoms with E-state index >= 15 is 0 Å². The van der Waals surface area contributed by atoms with Crippen LogP contribution in [0.3, 0.4) is 0 Å². The second-order valence-electron chi connectivity index (χ2n) is 5.15. The zero-order chi connectivity index (χ0) is 16.7. The van der Waals surface area contributed by atoms with E-state index in [0.717, 1.165) is 18.4 Å². The number of nitrogens with zero attached hydrogens (tertiary/aromatic N) is 1. The van der Waals surface area contributed by atoms with Crippen LogP contribution in [0, 0.1) is 0 Å². The lowest BCUT2D eigenvalue weighted by atomic mass is 10.1. The predicted molar refractivity (Wildman–Crippen MR) is 89.2 cm³/mol. The topological polar surface area (TPSA) is 57.1 Å². The third kappa shape index (κ3) is 5.68. The molecule has 0 saturated carbocycles. The number of hydrogen-bond acceptors (Lipinski definition) is 5. The molecule has 5 nitrogen and oxygen atoms in total. The van der Waals surface area contributed by atoms with Crippen molar-refractivity contribution in [2.45, 2.75) is 31.8 Å². The fourth-order valence-electron chi connectivity index (χ4n) is 2.29. The Labute approximate surface area is 145 Å². The van der Waals surface area contributed by atoms with Crippen molar-refractivity contribution in [2.24, 2.45) is 5.16 Å². The monoisotopic (exact) mass is 359 g/mol. The molecule has 0 spiro atoms. The standard InChI is InChI=1S/C16H19Cl2NO4/c1-21-19-15(11-2-3-13(17)14(18)10-11)4-5-16(20)23-12-6-8-22-9-7-12/h2-3,10,12H,4-9H2,1H3/b19-15+. The molecule has 23 heavy (non-hydrogen) atoms. The highest BCUT2D eigenvalue weighted by molar-refractivity contribution is 6.42. The van der Waals surface area contributed by atoms with Crippen LogP contribution in [0.2, 0.25) is 10.0 Å². The van der Waals surface area contributed by atoms with Crippen molar-refractivity contribution in [3.63, 3.8) is 0 Å². The lowest BCUT2D eigenvalue weighted by molar-refractivity contribution is -0.152. The summed E-state index contributed by atoms with van der Waals surface area (Å²) in [6.07, 6.45) is 2.06. The van der Waals surface area contributed by atoms with Crippen LogP contribution in [0.4, 0.5) is 0 Å². The summed E-state index contributed by atoms with van der Waals surface area (Å²) in [7, 11) is 1.46. The molecule has 1 aromatic rings. The zero-order valence-electron chi connectivity index (χ0n) is 12.9. The van der Waals surface area contributed by atoms with Crippen molar-refractivity contribution in [1.29, 1.82) is 0 Å². The van der Waals surface area contributed by atoms with E-state index in [0.29, 0.717) is 35.4 Å². The van der Waals surface area contributed by atoms with Crippen LogP contribution in [0.1, 0.15) is 31.2 Å². The van der Waals surface area contributed by atoms with Crippen LogP contribution in [-0.4, -0.2) is 38.1 Å². The van der Waals surface area contributed by atoms with Gasteiger partial charge in [-0.3, -0.25) is 4.79 Å². The Kier molecular flexibility index (Phi) is 7.15. The number of carbonyl (C=O) groups excluding carboxylic acids is 1. The molecule has 1 saturated heterocycles. The molecule has 0 bridgehead atoms. The molecule has 0 N–H and O–H groups in total. The summed E-state index contributed by atoms with van der Waals surface area (Å²) >= 11 is 11.9. The molecule has 1 aromatic carbocycles. The van der Waals surface area contributed by atoms with Gasteiger partial charge in [0, 0.05) is 24.8 Å². The largest absolute Gasteiger partial charge is 0.462 e. The number of ether oxygens (including phenoxy) is 2. The highest BCUT2D eigenvalue weighted by Gasteiger charge is 2.19. The molecule has 0 aromatic heterocycles. The van der Waals surface area contributed by atoms with Gasteiger partial charge in [0.15, 0.2) is 0 Å². The Balaban J connectivity index is 1.92. The minimum absolute atomic E-state index is 0.0518. The summed E-state index contributed by atoms with van der Waals surface area (Å²) in [5, 5.41) is 4.86. The summed E-state index contributed by atoms with van der Waals surface area (Å²) < 4.78 is 10.7. The molecule has 7 heteroatoms. The van der Waals surface area contributed by atoms with Gasteiger partial charge in [0.25, 0.3) is 0 Å².